The number of urea groups is 1. The zero-order valence-electron chi connectivity index (χ0n) is 10.8. The standard InChI is InChI=1S/C12H15F3N2O3/c1-19-6-7-20-8-16-11(18)17-10-5-3-2-4-9(10)12(13,14)15/h2-5H,6-8H2,1H3,(H2,16,17,18). The van der Waals surface area contributed by atoms with Gasteiger partial charge in [0.2, 0.25) is 0 Å². The average molecular weight is 292 g/mol. The minimum Gasteiger partial charge on any atom is -0.382 e. The van der Waals surface area contributed by atoms with Gasteiger partial charge in [-0.25, -0.2) is 4.79 Å². The molecule has 0 aliphatic heterocycles. The van der Waals surface area contributed by atoms with Crippen LogP contribution in [0.1, 0.15) is 5.56 Å². The molecule has 0 spiro atoms. The van der Waals surface area contributed by atoms with E-state index in [-0.39, 0.29) is 19.0 Å². The van der Waals surface area contributed by atoms with Crippen LogP contribution in [0.5, 0.6) is 0 Å². The van der Waals surface area contributed by atoms with Gasteiger partial charge in [0.25, 0.3) is 0 Å². The highest BCUT2D eigenvalue weighted by Crippen LogP contribution is 2.34. The van der Waals surface area contributed by atoms with Gasteiger partial charge in [0, 0.05) is 7.11 Å². The Morgan fingerprint density at radius 1 is 1.25 bits per heavy atom. The molecule has 1 aromatic rings. The summed E-state index contributed by atoms with van der Waals surface area (Å²) < 4.78 is 47.7. The van der Waals surface area contributed by atoms with E-state index >= 15 is 0 Å². The molecule has 2 N–H and O–H groups in total. The van der Waals surface area contributed by atoms with Gasteiger partial charge in [0.15, 0.2) is 0 Å². The molecule has 0 radical (unpaired) electrons. The van der Waals surface area contributed by atoms with E-state index < -0.39 is 17.8 Å². The Bertz CT molecular complexity index is 438. The Balaban J connectivity index is 2.50. The van der Waals surface area contributed by atoms with Crippen molar-refractivity contribution in [3.63, 3.8) is 0 Å². The zero-order valence-corrected chi connectivity index (χ0v) is 10.8. The van der Waals surface area contributed by atoms with Gasteiger partial charge in [-0.15, -0.1) is 0 Å². The number of carbonyl (C=O) groups is 1. The highest BCUT2D eigenvalue weighted by Gasteiger charge is 2.33. The third kappa shape index (κ3) is 5.45. The number of hydrogen-bond donors (Lipinski definition) is 2. The van der Waals surface area contributed by atoms with E-state index in [1.165, 1.54) is 25.3 Å². The van der Waals surface area contributed by atoms with Crippen molar-refractivity contribution >= 4 is 11.7 Å². The van der Waals surface area contributed by atoms with Crippen LogP contribution in [-0.4, -0.2) is 33.1 Å². The van der Waals surface area contributed by atoms with Gasteiger partial charge in [0.05, 0.1) is 24.5 Å². The SMILES string of the molecule is COCCOCNC(=O)Nc1ccccc1C(F)(F)F. The molecule has 2 amide bonds. The van der Waals surface area contributed by atoms with Crippen LogP contribution in [-0.2, 0) is 15.7 Å². The maximum Gasteiger partial charge on any atom is 0.418 e. The summed E-state index contributed by atoms with van der Waals surface area (Å²) in [6.07, 6.45) is -4.53. The van der Waals surface area contributed by atoms with Crippen molar-refractivity contribution in [2.75, 3.05) is 32.4 Å². The van der Waals surface area contributed by atoms with Crippen molar-refractivity contribution in [3.05, 3.63) is 29.8 Å². The van der Waals surface area contributed by atoms with E-state index in [1.807, 2.05) is 0 Å². The molecule has 0 bridgehead atoms. The summed E-state index contributed by atoms with van der Waals surface area (Å²) in [5.41, 5.74) is -1.22. The number of para-hydroxylation sites is 1. The summed E-state index contributed by atoms with van der Waals surface area (Å²) in [6, 6.07) is 3.94. The maximum absolute atomic E-state index is 12.7. The van der Waals surface area contributed by atoms with Crippen molar-refractivity contribution in [2.45, 2.75) is 6.18 Å². The fourth-order valence-electron chi connectivity index (χ4n) is 1.34. The highest BCUT2D eigenvalue weighted by atomic mass is 19.4. The summed E-state index contributed by atoms with van der Waals surface area (Å²) in [5, 5.41) is 4.40. The lowest BCUT2D eigenvalue weighted by atomic mass is 10.1. The third-order valence-electron chi connectivity index (χ3n) is 2.25. The molecule has 112 valence electrons. The summed E-state index contributed by atoms with van der Waals surface area (Å²) in [7, 11) is 1.50. The van der Waals surface area contributed by atoms with Crippen LogP contribution < -0.4 is 10.6 Å². The molecule has 1 rings (SSSR count). The van der Waals surface area contributed by atoms with E-state index in [0.717, 1.165) is 6.07 Å². The van der Waals surface area contributed by atoms with Crippen LogP contribution >= 0.6 is 0 Å². The minimum absolute atomic E-state index is 0.122. The Kier molecular flexibility index (Phi) is 6.26. The molecule has 20 heavy (non-hydrogen) atoms. The lowest BCUT2D eigenvalue weighted by Gasteiger charge is -2.14. The molecule has 5 nitrogen and oxygen atoms in total. The van der Waals surface area contributed by atoms with Crippen molar-refractivity contribution in [2.24, 2.45) is 0 Å². The molecule has 0 aliphatic rings. The molecule has 0 unspecified atom stereocenters. The number of halogens is 3. The Hall–Kier alpha value is -1.80. The number of nitrogens with one attached hydrogen (secondary N) is 2. The van der Waals surface area contributed by atoms with Crippen LogP contribution in [0.25, 0.3) is 0 Å². The van der Waals surface area contributed by atoms with Crippen LogP contribution in [0, 0.1) is 0 Å². The summed E-state index contributed by atoms with van der Waals surface area (Å²) in [5.74, 6) is 0. The van der Waals surface area contributed by atoms with Crippen molar-refractivity contribution < 1.29 is 27.4 Å². The molecule has 0 aromatic heterocycles. The first kappa shape index (κ1) is 16.3. The maximum atomic E-state index is 12.7. The van der Waals surface area contributed by atoms with Crippen LogP contribution in [0.2, 0.25) is 0 Å². The molecule has 0 heterocycles. The highest BCUT2D eigenvalue weighted by molar-refractivity contribution is 5.90. The predicted octanol–water partition coefficient (Wildman–Crippen LogP) is 2.45. The average Bonchev–Trinajstić information content (AvgIpc) is 2.38. The van der Waals surface area contributed by atoms with Gasteiger partial charge < -0.3 is 20.1 Å². The quantitative estimate of drug-likeness (QED) is 0.625. The van der Waals surface area contributed by atoms with Crippen LogP contribution in [0.4, 0.5) is 23.7 Å². The van der Waals surface area contributed by atoms with Gasteiger partial charge in [-0.2, -0.15) is 13.2 Å². The first-order valence-corrected chi connectivity index (χ1v) is 5.73. The minimum atomic E-state index is -4.53. The molecular formula is C12H15F3N2O3. The molecular weight excluding hydrogens is 277 g/mol. The lowest BCUT2D eigenvalue weighted by molar-refractivity contribution is -0.136. The third-order valence-corrected chi connectivity index (χ3v) is 2.25. The monoisotopic (exact) mass is 292 g/mol. The number of anilines is 1. The Morgan fingerprint density at radius 2 is 1.95 bits per heavy atom. The summed E-state index contributed by atoms with van der Waals surface area (Å²) >= 11 is 0. The molecule has 1 aromatic carbocycles. The normalized spacial score (nSPS) is 11.2. The lowest BCUT2D eigenvalue weighted by Crippen LogP contribution is -2.32. The molecule has 0 atom stereocenters. The van der Waals surface area contributed by atoms with Crippen molar-refractivity contribution in [3.8, 4) is 0 Å². The van der Waals surface area contributed by atoms with Gasteiger partial charge in [0.1, 0.15) is 6.73 Å². The van der Waals surface area contributed by atoms with Gasteiger partial charge in [-0.05, 0) is 12.1 Å². The van der Waals surface area contributed by atoms with E-state index in [2.05, 4.69) is 10.6 Å². The number of methoxy groups -OCH3 is 1. The molecule has 0 saturated heterocycles. The fourth-order valence-corrected chi connectivity index (χ4v) is 1.34. The number of amides is 2. The predicted molar refractivity (Wildman–Crippen MR) is 66.3 cm³/mol. The largest absolute Gasteiger partial charge is 0.418 e. The second-order valence-electron chi connectivity index (χ2n) is 3.72. The number of benzene rings is 1. The van der Waals surface area contributed by atoms with E-state index in [0.29, 0.717) is 6.61 Å². The molecule has 0 saturated carbocycles. The smallest absolute Gasteiger partial charge is 0.382 e. The van der Waals surface area contributed by atoms with E-state index in [4.69, 9.17) is 9.47 Å². The number of ether oxygens (including phenoxy) is 2. The summed E-state index contributed by atoms with van der Waals surface area (Å²) in [4.78, 5) is 11.4. The van der Waals surface area contributed by atoms with E-state index in [9.17, 15) is 18.0 Å². The Morgan fingerprint density at radius 3 is 2.60 bits per heavy atom. The molecule has 0 aliphatic carbocycles. The van der Waals surface area contributed by atoms with E-state index in [1.54, 1.807) is 0 Å². The van der Waals surface area contributed by atoms with Crippen molar-refractivity contribution in [1.82, 2.24) is 5.32 Å². The number of rotatable bonds is 6. The number of carbonyl (C=O) groups excluding carboxylic acids is 1. The molecule has 0 fully saturated rings. The second-order valence-corrected chi connectivity index (χ2v) is 3.72. The number of alkyl halides is 3. The van der Waals surface area contributed by atoms with Crippen molar-refractivity contribution in [1.29, 1.82) is 0 Å². The topological polar surface area (TPSA) is 59.6 Å². The first-order chi connectivity index (χ1) is 9.45. The first-order valence-electron chi connectivity index (χ1n) is 5.73. The molecule has 8 heteroatoms. The summed E-state index contributed by atoms with van der Waals surface area (Å²) in [6.45, 7) is 0.513. The second kappa shape index (κ2) is 7.71. The van der Waals surface area contributed by atoms with Gasteiger partial charge in [-0.3, -0.25) is 0 Å². The Labute approximate surface area is 114 Å². The van der Waals surface area contributed by atoms with Gasteiger partial charge >= 0.3 is 12.2 Å². The number of hydrogen-bond acceptors (Lipinski definition) is 3. The zero-order chi connectivity index (χ0) is 15.0. The van der Waals surface area contributed by atoms with Gasteiger partial charge in [-0.1, -0.05) is 12.1 Å². The fraction of sp³-hybridized carbons (Fsp3) is 0.417. The van der Waals surface area contributed by atoms with Crippen LogP contribution in [0.15, 0.2) is 24.3 Å². The van der Waals surface area contributed by atoms with Crippen LogP contribution in [0.3, 0.4) is 0 Å².